The van der Waals surface area contributed by atoms with E-state index in [0.717, 1.165) is 6.42 Å². The molecule has 0 aliphatic heterocycles. The van der Waals surface area contributed by atoms with Crippen molar-refractivity contribution in [3.63, 3.8) is 0 Å². The van der Waals surface area contributed by atoms with Crippen LogP contribution < -0.4 is 5.73 Å². The van der Waals surface area contributed by atoms with E-state index in [9.17, 15) is 4.79 Å². The third kappa shape index (κ3) is 5.97. The highest BCUT2D eigenvalue weighted by atomic mass is 16.1. The molecule has 0 aromatic carbocycles. The summed E-state index contributed by atoms with van der Waals surface area (Å²) < 4.78 is 0. The second-order valence-corrected chi connectivity index (χ2v) is 3.94. The molecule has 84 valence electrons. The molecule has 0 aromatic heterocycles. The van der Waals surface area contributed by atoms with Crippen molar-refractivity contribution < 1.29 is 4.79 Å². The van der Waals surface area contributed by atoms with Crippen LogP contribution in [0.25, 0.3) is 0 Å². The van der Waals surface area contributed by atoms with Crippen LogP contribution >= 0.6 is 0 Å². The van der Waals surface area contributed by atoms with E-state index >= 15 is 0 Å². The van der Waals surface area contributed by atoms with Gasteiger partial charge in [-0.15, -0.1) is 0 Å². The van der Waals surface area contributed by atoms with E-state index in [4.69, 9.17) is 5.73 Å². The van der Waals surface area contributed by atoms with E-state index in [-0.39, 0.29) is 5.91 Å². The molecule has 3 nitrogen and oxygen atoms in total. The van der Waals surface area contributed by atoms with Gasteiger partial charge in [-0.05, 0) is 19.9 Å². The number of likely N-dealkylation sites (N-methyl/N-ethyl adjacent to an activating group) is 1. The summed E-state index contributed by atoms with van der Waals surface area (Å²) in [6.45, 7) is 4.74. The van der Waals surface area contributed by atoms with Crippen LogP contribution in [0.2, 0.25) is 0 Å². The van der Waals surface area contributed by atoms with Gasteiger partial charge in [0, 0.05) is 6.04 Å². The fraction of sp³-hybridized carbons (Fsp3) is 0.909. The summed E-state index contributed by atoms with van der Waals surface area (Å²) in [5, 5.41) is 0. The van der Waals surface area contributed by atoms with Gasteiger partial charge in [-0.2, -0.15) is 0 Å². The van der Waals surface area contributed by atoms with Gasteiger partial charge in [0.2, 0.25) is 5.91 Å². The Kier molecular flexibility index (Phi) is 7.48. The summed E-state index contributed by atoms with van der Waals surface area (Å²) in [7, 11) is 1.98. The molecular weight excluding hydrogens is 176 g/mol. The van der Waals surface area contributed by atoms with Gasteiger partial charge in [-0.1, -0.05) is 33.1 Å². The van der Waals surface area contributed by atoms with Crippen LogP contribution in [0.4, 0.5) is 0 Å². The Balaban J connectivity index is 3.80. The van der Waals surface area contributed by atoms with Gasteiger partial charge in [0.1, 0.15) is 0 Å². The molecule has 0 aliphatic carbocycles. The number of nitrogens with two attached hydrogens (primary N) is 1. The Morgan fingerprint density at radius 2 is 2.00 bits per heavy atom. The smallest absolute Gasteiger partial charge is 0.231 e. The lowest BCUT2D eigenvalue weighted by atomic mass is 10.1. The Morgan fingerprint density at radius 3 is 2.43 bits per heavy atom. The topological polar surface area (TPSA) is 46.3 Å². The average Bonchev–Trinajstić information content (AvgIpc) is 2.11. The second-order valence-electron chi connectivity index (χ2n) is 3.94. The lowest BCUT2D eigenvalue weighted by molar-refractivity contribution is -0.119. The average molecular weight is 200 g/mol. The van der Waals surface area contributed by atoms with Gasteiger partial charge in [0.15, 0.2) is 0 Å². The van der Waals surface area contributed by atoms with E-state index in [1.54, 1.807) is 0 Å². The van der Waals surface area contributed by atoms with Gasteiger partial charge in [0.05, 0.1) is 6.54 Å². The van der Waals surface area contributed by atoms with Crippen molar-refractivity contribution in [1.29, 1.82) is 0 Å². The number of carbonyl (C=O) groups excluding carboxylic acids is 1. The van der Waals surface area contributed by atoms with Crippen LogP contribution in [0.5, 0.6) is 0 Å². The number of rotatable bonds is 8. The number of hydrogen-bond acceptors (Lipinski definition) is 2. The summed E-state index contributed by atoms with van der Waals surface area (Å²) in [6, 6.07) is 0.508. The highest BCUT2D eigenvalue weighted by molar-refractivity contribution is 5.75. The molecule has 0 fully saturated rings. The van der Waals surface area contributed by atoms with Crippen molar-refractivity contribution in [3.05, 3.63) is 0 Å². The van der Waals surface area contributed by atoms with Crippen molar-refractivity contribution in [2.75, 3.05) is 13.6 Å². The molecule has 1 amide bonds. The third-order valence-corrected chi connectivity index (χ3v) is 2.64. The first-order valence-electron chi connectivity index (χ1n) is 5.60. The van der Waals surface area contributed by atoms with Crippen molar-refractivity contribution in [2.45, 2.75) is 52.0 Å². The number of unbranched alkanes of at least 4 members (excludes halogenated alkanes) is 2. The van der Waals surface area contributed by atoms with Crippen LogP contribution in [0.1, 0.15) is 46.0 Å². The monoisotopic (exact) mass is 200 g/mol. The van der Waals surface area contributed by atoms with Gasteiger partial charge < -0.3 is 5.73 Å². The fourth-order valence-electron chi connectivity index (χ4n) is 1.74. The van der Waals surface area contributed by atoms with Crippen molar-refractivity contribution in [1.82, 2.24) is 4.90 Å². The summed E-state index contributed by atoms with van der Waals surface area (Å²) >= 11 is 0. The molecule has 1 atom stereocenters. The molecule has 0 aliphatic rings. The maximum absolute atomic E-state index is 10.7. The molecule has 1 unspecified atom stereocenters. The third-order valence-electron chi connectivity index (χ3n) is 2.64. The minimum absolute atomic E-state index is 0.235. The van der Waals surface area contributed by atoms with Crippen molar-refractivity contribution in [2.24, 2.45) is 5.73 Å². The predicted molar refractivity (Wildman–Crippen MR) is 60.0 cm³/mol. The van der Waals surface area contributed by atoms with Gasteiger partial charge in [-0.3, -0.25) is 9.69 Å². The first kappa shape index (κ1) is 13.4. The largest absolute Gasteiger partial charge is 0.369 e. The van der Waals surface area contributed by atoms with Crippen LogP contribution in [-0.2, 0) is 4.79 Å². The Morgan fingerprint density at radius 1 is 1.36 bits per heavy atom. The van der Waals surface area contributed by atoms with Crippen LogP contribution in [0, 0.1) is 0 Å². The first-order chi connectivity index (χ1) is 6.61. The highest BCUT2D eigenvalue weighted by Gasteiger charge is 2.13. The Labute approximate surface area is 87.6 Å². The van der Waals surface area contributed by atoms with Crippen LogP contribution in [-0.4, -0.2) is 30.4 Å². The number of amides is 1. The molecule has 14 heavy (non-hydrogen) atoms. The standard InChI is InChI=1S/C11H24N2O/c1-4-6-7-8-10(5-2)13(3)9-11(12)14/h10H,4-9H2,1-3H3,(H2,12,14). The lowest BCUT2D eigenvalue weighted by Gasteiger charge is -2.25. The normalized spacial score (nSPS) is 13.1. The molecule has 0 spiro atoms. The van der Waals surface area contributed by atoms with E-state index in [1.807, 2.05) is 7.05 Å². The molecular formula is C11H24N2O. The summed E-state index contributed by atoms with van der Waals surface area (Å²) in [4.78, 5) is 12.8. The molecule has 0 heterocycles. The highest BCUT2D eigenvalue weighted by Crippen LogP contribution is 2.11. The van der Waals surface area contributed by atoms with Gasteiger partial charge >= 0.3 is 0 Å². The zero-order valence-electron chi connectivity index (χ0n) is 9.75. The van der Waals surface area contributed by atoms with E-state index in [0.29, 0.717) is 12.6 Å². The lowest BCUT2D eigenvalue weighted by Crippen LogP contribution is -2.38. The number of carbonyl (C=O) groups is 1. The second kappa shape index (κ2) is 7.80. The summed E-state index contributed by atoms with van der Waals surface area (Å²) in [6.07, 6.45) is 6.04. The minimum Gasteiger partial charge on any atom is -0.369 e. The fourth-order valence-corrected chi connectivity index (χ4v) is 1.74. The Bertz CT molecular complexity index is 159. The quantitative estimate of drug-likeness (QED) is 0.607. The number of primary amides is 1. The van der Waals surface area contributed by atoms with E-state index in [2.05, 4.69) is 18.7 Å². The maximum atomic E-state index is 10.7. The first-order valence-corrected chi connectivity index (χ1v) is 5.60. The van der Waals surface area contributed by atoms with Crippen molar-refractivity contribution >= 4 is 5.91 Å². The Hall–Kier alpha value is -0.570. The zero-order valence-corrected chi connectivity index (χ0v) is 9.75. The molecule has 2 N–H and O–H groups in total. The molecule has 3 heteroatoms. The van der Waals surface area contributed by atoms with Crippen LogP contribution in [0.15, 0.2) is 0 Å². The predicted octanol–water partition coefficient (Wildman–Crippen LogP) is 1.76. The maximum Gasteiger partial charge on any atom is 0.231 e. The molecule has 0 radical (unpaired) electrons. The van der Waals surface area contributed by atoms with Crippen LogP contribution in [0.3, 0.4) is 0 Å². The molecule has 0 saturated carbocycles. The zero-order chi connectivity index (χ0) is 11.0. The minimum atomic E-state index is -0.235. The van der Waals surface area contributed by atoms with Crippen molar-refractivity contribution in [3.8, 4) is 0 Å². The van der Waals surface area contributed by atoms with E-state index < -0.39 is 0 Å². The van der Waals surface area contributed by atoms with Gasteiger partial charge in [0.25, 0.3) is 0 Å². The van der Waals surface area contributed by atoms with E-state index in [1.165, 1.54) is 25.7 Å². The molecule has 0 saturated heterocycles. The number of hydrogen-bond donors (Lipinski definition) is 1. The molecule has 0 bridgehead atoms. The number of nitrogens with zero attached hydrogens (tertiary/aromatic N) is 1. The molecule has 0 rings (SSSR count). The molecule has 0 aromatic rings. The summed E-state index contributed by atoms with van der Waals surface area (Å²) in [5.74, 6) is -0.235. The van der Waals surface area contributed by atoms with Gasteiger partial charge in [-0.25, -0.2) is 0 Å². The SMILES string of the molecule is CCCCCC(CC)N(C)CC(N)=O. The summed E-state index contributed by atoms with van der Waals surface area (Å²) in [5.41, 5.74) is 5.16.